The number of benzene rings is 2. The van der Waals surface area contributed by atoms with E-state index in [-0.39, 0.29) is 5.82 Å². The maximum Gasteiger partial charge on any atom is 0.124 e. The summed E-state index contributed by atoms with van der Waals surface area (Å²) in [7, 11) is 1.86. The molecule has 2 aromatic rings. The Morgan fingerprint density at radius 3 is 2.50 bits per heavy atom. The Labute approximate surface area is 116 Å². The van der Waals surface area contributed by atoms with Gasteiger partial charge in [0.2, 0.25) is 0 Å². The SMILES string of the molecule is CNCc1cc(-c2ccc(F)cc2Cl)ccc1Cl. The Balaban J connectivity index is 2.47. The highest BCUT2D eigenvalue weighted by Gasteiger charge is 2.07. The predicted molar refractivity (Wildman–Crippen MR) is 74.6 cm³/mol. The second kappa shape index (κ2) is 5.70. The van der Waals surface area contributed by atoms with Gasteiger partial charge < -0.3 is 5.32 Å². The summed E-state index contributed by atoms with van der Waals surface area (Å²) >= 11 is 12.1. The number of rotatable bonds is 3. The van der Waals surface area contributed by atoms with Crippen molar-refractivity contribution < 1.29 is 4.39 Å². The van der Waals surface area contributed by atoms with E-state index < -0.39 is 0 Å². The first-order valence-electron chi connectivity index (χ1n) is 5.50. The minimum atomic E-state index is -0.340. The lowest BCUT2D eigenvalue weighted by Gasteiger charge is -2.09. The fourth-order valence-corrected chi connectivity index (χ4v) is 2.25. The van der Waals surface area contributed by atoms with Gasteiger partial charge in [-0.2, -0.15) is 0 Å². The molecular formula is C14H12Cl2FN. The summed E-state index contributed by atoms with van der Waals surface area (Å²) in [4.78, 5) is 0. The third-order valence-corrected chi connectivity index (χ3v) is 3.34. The highest BCUT2D eigenvalue weighted by molar-refractivity contribution is 6.33. The van der Waals surface area contributed by atoms with Crippen LogP contribution in [-0.2, 0) is 6.54 Å². The highest BCUT2D eigenvalue weighted by Crippen LogP contribution is 2.31. The molecule has 94 valence electrons. The van der Waals surface area contributed by atoms with E-state index in [0.29, 0.717) is 16.6 Å². The molecule has 2 rings (SSSR count). The van der Waals surface area contributed by atoms with E-state index in [1.54, 1.807) is 6.07 Å². The van der Waals surface area contributed by atoms with Gasteiger partial charge in [0.25, 0.3) is 0 Å². The molecule has 4 heteroatoms. The first-order valence-corrected chi connectivity index (χ1v) is 6.26. The molecule has 0 saturated carbocycles. The lowest BCUT2D eigenvalue weighted by molar-refractivity contribution is 0.628. The van der Waals surface area contributed by atoms with Crippen LogP contribution in [0.3, 0.4) is 0 Å². The van der Waals surface area contributed by atoms with Crippen LogP contribution in [0.2, 0.25) is 10.0 Å². The van der Waals surface area contributed by atoms with E-state index in [1.165, 1.54) is 12.1 Å². The Kier molecular flexibility index (Phi) is 4.23. The lowest BCUT2D eigenvalue weighted by atomic mass is 10.0. The fourth-order valence-electron chi connectivity index (χ4n) is 1.79. The molecule has 0 heterocycles. The minimum absolute atomic E-state index is 0.340. The van der Waals surface area contributed by atoms with E-state index in [2.05, 4.69) is 5.32 Å². The van der Waals surface area contributed by atoms with E-state index in [0.717, 1.165) is 16.7 Å². The summed E-state index contributed by atoms with van der Waals surface area (Å²) < 4.78 is 13.0. The summed E-state index contributed by atoms with van der Waals surface area (Å²) in [6.07, 6.45) is 0. The molecule has 1 N–H and O–H groups in total. The zero-order chi connectivity index (χ0) is 13.1. The summed E-state index contributed by atoms with van der Waals surface area (Å²) in [5, 5.41) is 4.15. The van der Waals surface area contributed by atoms with Crippen molar-refractivity contribution in [3.05, 3.63) is 57.8 Å². The maximum atomic E-state index is 13.0. The van der Waals surface area contributed by atoms with Crippen LogP contribution in [0.4, 0.5) is 4.39 Å². The van der Waals surface area contributed by atoms with Crippen LogP contribution in [0.1, 0.15) is 5.56 Å². The summed E-state index contributed by atoms with van der Waals surface area (Å²) in [5.74, 6) is -0.340. The second-order valence-corrected chi connectivity index (χ2v) is 4.78. The monoisotopic (exact) mass is 283 g/mol. The van der Waals surface area contributed by atoms with Crippen LogP contribution < -0.4 is 5.32 Å². The van der Waals surface area contributed by atoms with Crippen molar-refractivity contribution in [2.24, 2.45) is 0 Å². The first kappa shape index (κ1) is 13.3. The van der Waals surface area contributed by atoms with Crippen molar-refractivity contribution in [1.82, 2.24) is 5.32 Å². The summed E-state index contributed by atoms with van der Waals surface area (Å²) in [5.41, 5.74) is 2.71. The van der Waals surface area contributed by atoms with Crippen molar-refractivity contribution in [3.8, 4) is 11.1 Å². The van der Waals surface area contributed by atoms with Crippen molar-refractivity contribution in [3.63, 3.8) is 0 Å². The maximum absolute atomic E-state index is 13.0. The van der Waals surface area contributed by atoms with Gasteiger partial charge >= 0.3 is 0 Å². The normalized spacial score (nSPS) is 10.7. The van der Waals surface area contributed by atoms with E-state index in [1.807, 2.05) is 25.2 Å². The van der Waals surface area contributed by atoms with Crippen molar-refractivity contribution in [2.75, 3.05) is 7.05 Å². The van der Waals surface area contributed by atoms with Gasteiger partial charge in [0, 0.05) is 17.1 Å². The third kappa shape index (κ3) is 2.83. The average Bonchev–Trinajstić information content (AvgIpc) is 2.33. The molecule has 0 aliphatic rings. The van der Waals surface area contributed by atoms with Crippen LogP contribution >= 0.6 is 23.2 Å². The van der Waals surface area contributed by atoms with Gasteiger partial charge in [0.15, 0.2) is 0 Å². The predicted octanol–water partition coefficient (Wildman–Crippen LogP) is 4.52. The molecule has 0 fully saturated rings. The minimum Gasteiger partial charge on any atom is -0.316 e. The van der Waals surface area contributed by atoms with Gasteiger partial charge in [-0.1, -0.05) is 29.3 Å². The number of hydrogen-bond donors (Lipinski definition) is 1. The largest absolute Gasteiger partial charge is 0.316 e. The summed E-state index contributed by atoms with van der Waals surface area (Å²) in [6.45, 7) is 0.672. The zero-order valence-corrected chi connectivity index (χ0v) is 11.3. The summed E-state index contributed by atoms with van der Waals surface area (Å²) in [6, 6.07) is 10.0. The topological polar surface area (TPSA) is 12.0 Å². The Morgan fingerprint density at radius 1 is 1.06 bits per heavy atom. The van der Waals surface area contributed by atoms with Crippen molar-refractivity contribution >= 4 is 23.2 Å². The average molecular weight is 284 g/mol. The van der Waals surface area contributed by atoms with Crippen molar-refractivity contribution in [2.45, 2.75) is 6.54 Å². The quantitative estimate of drug-likeness (QED) is 0.873. The molecule has 0 amide bonds. The molecular weight excluding hydrogens is 272 g/mol. The van der Waals surface area contributed by atoms with Crippen molar-refractivity contribution in [1.29, 1.82) is 0 Å². The van der Waals surface area contributed by atoms with Crippen LogP contribution in [0.5, 0.6) is 0 Å². The number of nitrogens with one attached hydrogen (secondary N) is 1. The molecule has 1 nitrogen and oxygen atoms in total. The molecule has 0 radical (unpaired) electrons. The van der Waals surface area contributed by atoms with Gasteiger partial charge in [0.1, 0.15) is 5.82 Å². The van der Waals surface area contributed by atoms with Gasteiger partial charge in [0.05, 0.1) is 5.02 Å². The molecule has 18 heavy (non-hydrogen) atoms. The molecule has 0 atom stereocenters. The molecule has 2 aromatic carbocycles. The van der Waals surface area contributed by atoms with Gasteiger partial charge in [-0.15, -0.1) is 0 Å². The first-order chi connectivity index (χ1) is 8.61. The molecule has 0 unspecified atom stereocenters. The molecule has 0 aliphatic heterocycles. The molecule has 0 aliphatic carbocycles. The fraction of sp³-hybridized carbons (Fsp3) is 0.143. The van der Waals surface area contributed by atoms with E-state index >= 15 is 0 Å². The molecule has 0 spiro atoms. The Hall–Kier alpha value is -1.09. The van der Waals surface area contributed by atoms with Gasteiger partial charge in [-0.3, -0.25) is 0 Å². The highest BCUT2D eigenvalue weighted by atomic mass is 35.5. The van der Waals surface area contributed by atoms with E-state index in [4.69, 9.17) is 23.2 Å². The number of hydrogen-bond acceptors (Lipinski definition) is 1. The molecule has 0 bridgehead atoms. The van der Waals surface area contributed by atoms with Crippen LogP contribution in [0.15, 0.2) is 36.4 Å². The van der Waals surface area contributed by atoms with Crippen LogP contribution in [-0.4, -0.2) is 7.05 Å². The Bertz CT molecular complexity index is 570. The van der Waals surface area contributed by atoms with E-state index in [9.17, 15) is 4.39 Å². The van der Waals surface area contributed by atoms with Crippen LogP contribution in [0, 0.1) is 5.82 Å². The number of halogens is 3. The smallest absolute Gasteiger partial charge is 0.124 e. The van der Waals surface area contributed by atoms with Gasteiger partial charge in [-0.05, 0) is 48.5 Å². The zero-order valence-electron chi connectivity index (χ0n) is 9.81. The molecule has 0 saturated heterocycles. The molecule has 0 aromatic heterocycles. The third-order valence-electron chi connectivity index (χ3n) is 2.66. The lowest BCUT2D eigenvalue weighted by Crippen LogP contribution is -2.05. The van der Waals surface area contributed by atoms with Gasteiger partial charge in [-0.25, -0.2) is 4.39 Å². The Morgan fingerprint density at radius 2 is 1.83 bits per heavy atom. The second-order valence-electron chi connectivity index (χ2n) is 3.96. The van der Waals surface area contributed by atoms with Crippen LogP contribution in [0.25, 0.3) is 11.1 Å². The standard InChI is InChI=1S/C14H12Cl2FN/c1-18-8-10-6-9(2-5-13(10)15)12-4-3-11(17)7-14(12)16/h2-7,18H,8H2,1H3.